The van der Waals surface area contributed by atoms with Crippen molar-refractivity contribution in [1.82, 2.24) is 5.32 Å². The zero-order valence-electron chi connectivity index (χ0n) is 11.3. The third-order valence-electron chi connectivity index (χ3n) is 2.94. The van der Waals surface area contributed by atoms with Crippen molar-refractivity contribution in [2.75, 3.05) is 6.54 Å². The summed E-state index contributed by atoms with van der Waals surface area (Å²) in [4.78, 5) is 11.9. The van der Waals surface area contributed by atoms with E-state index in [1.165, 1.54) is 32.1 Å². The van der Waals surface area contributed by atoms with E-state index in [-0.39, 0.29) is 5.91 Å². The molecule has 4 heteroatoms. The fraction of sp³-hybridized carbons (Fsp3) is 0.533. The van der Waals surface area contributed by atoms with E-state index in [1.807, 2.05) is 0 Å². The summed E-state index contributed by atoms with van der Waals surface area (Å²) in [7, 11) is 0. The summed E-state index contributed by atoms with van der Waals surface area (Å²) in [6.07, 6.45) is 7.35. The maximum absolute atomic E-state index is 11.9. The molecule has 0 unspecified atom stereocenters. The summed E-state index contributed by atoms with van der Waals surface area (Å²) in [5.74, 6) is -0.0586. The van der Waals surface area contributed by atoms with E-state index in [4.69, 9.17) is 11.6 Å². The van der Waals surface area contributed by atoms with Crippen molar-refractivity contribution < 1.29 is 4.79 Å². The van der Waals surface area contributed by atoms with Crippen molar-refractivity contribution in [3.63, 3.8) is 0 Å². The van der Waals surface area contributed by atoms with Gasteiger partial charge in [-0.15, -0.1) is 0 Å². The highest BCUT2D eigenvalue weighted by Crippen LogP contribution is 2.19. The van der Waals surface area contributed by atoms with Gasteiger partial charge in [-0.05, 0) is 24.6 Å². The summed E-state index contributed by atoms with van der Waals surface area (Å²) < 4.78 is 0.824. The van der Waals surface area contributed by atoms with Crippen molar-refractivity contribution in [2.45, 2.75) is 45.4 Å². The highest BCUT2D eigenvalue weighted by Gasteiger charge is 2.06. The SMILES string of the molecule is CCCCCCCCNC(=O)c1cc(Cl)cc(Br)c1. The molecule has 0 saturated carbocycles. The lowest BCUT2D eigenvalue weighted by Gasteiger charge is -2.06. The van der Waals surface area contributed by atoms with Crippen molar-refractivity contribution in [1.29, 1.82) is 0 Å². The van der Waals surface area contributed by atoms with Crippen LogP contribution in [0.3, 0.4) is 0 Å². The maximum Gasteiger partial charge on any atom is 0.251 e. The Balaban J connectivity index is 2.24. The van der Waals surface area contributed by atoms with Crippen molar-refractivity contribution in [3.8, 4) is 0 Å². The van der Waals surface area contributed by atoms with E-state index in [0.29, 0.717) is 10.6 Å². The Hall–Kier alpha value is -0.540. The number of rotatable bonds is 8. The number of benzene rings is 1. The van der Waals surface area contributed by atoms with E-state index in [1.54, 1.807) is 18.2 Å². The van der Waals surface area contributed by atoms with Gasteiger partial charge < -0.3 is 5.32 Å². The monoisotopic (exact) mass is 345 g/mol. The van der Waals surface area contributed by atoms with Gasteiger partial charge in [-0.25, -0.2) is 0 Å². The van der Waals surface area contributed by atoms with E-state index in [2.05, 4.69) is 28.2 Å². The zero-order chi connectivity index (χ0) is 14.1. The Morgan fingerprint density at radius 2 is 1.84 bits per heavy atom. The third kappa shape index (κ3) is 6.98. The summed E-state index contributed by atoms with van der Waals surface area (Å²) in [5, 5.41) is 3.49. The first-order valence-electron chi connectivity index (χ1n) is 6.87. The average molecular weight is 347 g/mol. The predicted molar refractivity (Wildman–Crippen MR) is 84.9 cm³/mol. The van der Waals surface area contributed by atoms with Gasteiger partial charge in [0, 0.05) is 21.6 Å². The molecule has 0 aliphatic heterocycles. The lowest BCUT2D eigenvalue weighted by molar-refractivity contribution is 0.0953. The van der Waals surface area contributed by atoms with Crippen LogP contribution in [0.4, 0.5) is 0 Å². The first kappa shape index (κ1) is 16.5. The van der Waals surface area contributed by atoms with Crippen LogP contribution < -0.4 is 5.32 Å². The first-order chi connectivity index (χ1) is 9.13. The second-order valence-corrected chi connectivity index (χ2v) is 6.03. The average Bonchev–Trinajstić information content (AvgIpc) is 2.36. The summed E-state index contributed by atoms with van der Waals surface area (Å²) >= 11 is 9.25. The predicted octanol–water partition coefficient (Wildman–Crippen LogP) is 5.19. The van der Waals surface area contributed by atoms with Crippen LogP contribution in [0.25, 0.3) is 0 Å². The number of hydrogen-bond acceptors (Lipinski definition) is 1. The van der Waals surface area contributed by atoms with Crippen LogP contribution in [0.1, 0.15) is 55.8 Å². The molecule has 0 spiro atoms. The molecule has 0 radical (unpaired) electrons. The van der Waals surface area contributed by atoms with Crippen LogP contribution in [0.2, 0.25) is 5.02 Å². The van der Waals surface area contributed by atoms with Gasteiger partial charge in [0.25, 0.3) is 5.91 Å². The fourth-order valence-electron chi connectivity index (χ4n) is 1.89. The summed E-state index contributed by atoms with van der Waals surface area (Å²) in [6.45, 7) is 2.94. The molecule has 0 saturated heterocycles. The van der Waals surface area contributed by atoms with Crippen LogP contribution in [0.5, 0.6) is 0 Å². The van der Waals surface area contributed by atoms with Crippen molar-refractivity contribution in [3.05, 3.63) is 33.3 Å². The third-order valence-corrected chi connectivity index (χ3v) is 3.62. The molecule has 0 bridgehead atoms. The second kappa shape index (κ2) is 9.38. The largest absolute Gasteiger partial charge is 0.352 e. The number of carbonyl (C=O) groups is 1. The van der Waals surface area contributed by atoms with E-state index in [0.717, 1.165) is 17.4 Å². The maximum atomic E-state index is 11.9. The van der Waals surface area contributed by atoms with Gasteiger partial charge >= 0.3 is 0 Å². The second-order valence-electron chi connectivity index (χ2n) is 4.68. The Bertz CT molecular complexity index is 389. The number of hydrogen-bond donors (Lipinski definition) is 1. The smallest absolute Gasteiger partial charge is 0.251 e. The topological polar surface area (TPSA) is 29.1 Å². The van der Waals surface area contributed by atoms with Crippen LogP contribution >= 0.6 is 27.5 Å². The van der Waals surface area contributed by atoms with E-state index in [9.17, 15) is 4.79 Å². The van der Waals surface area contributed by atoms with Gasteiger partial charge in [-0.2, -0.15) is 0 Å². The number of halogens is 2. The molecule has 1 aromatic carbocycles. The minimum absolute atomic E-state index is 0.0586. The molecular formula is C15H21BrClNO. The Morgan fingerprint density at radius 1 is 1.16 bits per heavy atom. The molecule has 1 amide bonds. The van der Waals surface area contributed by atoms with Gasteiger partial charge in [0.2, 0.25) is 0 Å². The molecule has 1 aromatic rings. The number of nitrogens with one attached hydrogen (secondary N) is 1. The molecular weight excluding hydrogens is 326 g/mol. The van der Waals surface area contributed by atoms with Crippen LogP contribution in [-0.4, -0.2) is 12.5 Å². The molecule has 0 atom stereocenters. The number of amides is 1. The van der Waals surface area contributed by atoms with Crippen LogP contribution in [0.15, 0.2) is 22.7 Å². The molecule has 2 nitrogen and oxygen atoms in total. The van der Waals surface area contributed by atoms with E-state index < -0.39 is 0 Å². The van der Waals surface area contributed by atoms with Crippen molar-refractivity contribution >= 4 is 33.4 Å². The Kier molecular flexibility index (Phi) is 8.15. The minimum Gasteiger partial charge on any atom is -0.352 e. The zero-order valence-corrected chi connectivity index (χ0v) is 13.7. The Labute approximate surface area is 129 Å². The molecule has 1 rings (SSSR count). The van der Waals surface area contributed by atoms with E-state index >= 15 is 0 Å². The first-order valence-corrected chi connectivity index (χ1v) is 8.05. The lowest BCUT2D eigenvalue weighted by Crippen LogP contribution is -2.24. The molecule has 0 aromatic heterocycles. The standard InChI is InChI=1S/C15H21BrClNO/c1-2-3-4-5-6-7-8-18-15(19)12-9-13(16)11-14(17)10-12/h9-11H,2-8H2,1H3,(H,18,19). The van der Waals surface area contributed by atoms with Gasteiger partial charge in [-0.3, -0.25) is 4.79 Å². The fourth-order valence-corrected chi connectivity index (χ4v) is 2.75. The molecule has 106 valence electrons. The highest BCUT2D eigenvalue weighted by molar-refractivity contribution is 9.10. The summed E-state index contributed by atoms with van der Waals surface area (Å²) in [5.41, 5.74) is 0.602. The van der Waals surface area contributed by atoms with Crippen molar-refractivity contribution in [2.24, 2.45) is 0 Å². The number of carbonyl (C=O) groups excluding carboxylic acids is 1. The number of unbranched alkanes of at least 4 members (excludes halogenated alkanes) is 5. The molecule has 0 fully saturated rings. The highest BCUT2D eigenvalue weighted by atomic mass is 79.9. The molecule has 1 N–H and O–H groups in total. The summed E-state index contributed by atoms with van der Waals surface area (Å²) in [6, 6.07) is 5.23. The molecule has 0 heterocycles. The van der Waals surface area contributed by atoms with Gasteiger partial charge in [0.15, 0.2) is 0 Å². The Morgan fingerprint density at radius 3 is 2.53 bits per heavy atom. The lowest BCUT2D eigenvalue weighted by atomic mass is 10.1. The van der Waals surface area contributed by atoms with Crippen LogP contribution in [0, 0.1) is 0 Å². The quantitative estimate of drug-likeness (QED) is 0.645. The normalized spacial score (nSPS) is 10.5. The van der Waals surface area contributed by atoms with Gasteiger partial charge in [-0.1, -0.05) is 66.6 Å². The molecule has 0 aliphatic carbocycles. The molecule has 0 aliphatic rings. The van der Waals surface area contributed by atoms with Crippen LogP contribution in [-0.2, 0) is 0 Å². The minimum atomic E-state index is -0.0586. The van der Waals surface area contributed by atoms with Gasteiger partial charge in [0.05, 0.1) is 0 Å². The molecule has 19 heavy (non-hydrogen) atoms. The van der Waals surface area contributed by atoms with Gasteiger partial charge in [0.1, 0.15) is 0 Å².